The Bertz CT molecular complexity index is 387. The lowest BCUT2D eigenvalue weighted by molar-refractivity contribution is -0.140. The minimum atomic E-state index is -1.32. The number of thiol groups is 1. The zero-order chi connectivity index (χ0) is 15.7. The molecule has 4 N–H and O–H groups in total. The Labute approximate surface area is 121 Å². The van der Waals surface area contributed by atoms with Gasteiger partial charge in [0.1, 0.15) is 11.8 Å². The van der Waals surface area contributed by atoms with Gasteiger partial charge in [0.05, 0.1) is 0 Å². The van der Waals surface area contributed by atoms with E-state index < -0.39 is 30.1 Å². The van der Waals surface area contributed by atoms with E-state index in [1.54, 1.807) is 0 Å². The number of rotatable bonds is 9. The maximum atomic E-state index is 11.6. The van der Waals surface area contributed by atoms with Gasteiger partial charge >= 0.3 is 18.0 Å². The summed E-state index contributed by atoms with van der Waals surface area (Å²) in [6.07, 6.45) is -0.513. The normalized spacial score (nSPS) is 13.1. The average molecular weight is 306 g/mol. The lowest BCUT2D eigenvalue weighted by Gasteiger charge is -2.18. The molecule has 0 heterocycles. The minimum Gasteiger partial charge on any atom is -0.481 e. The molecule has 114 valence electrons. The van der Waals surface area contributed by atoms with Crippen molar-refractivity contribution in [2.24, 2.45) is 0 Å². The number of Topliss-reactive ketones (excluding diaryl/α,β-unsaturated/α-hetero) is 1. The highest BCUT2D eigenvalue weighted by Crippen LogP contribution is 2.00. The fourth-order valence-corrected chi connectivity index (χ4v) is 1.64. The number of carbonyl (C=O) groups is 4. The number of amides is 2. The van der Waals surface area contributed by atoms with Crippen LogP contribution in [0.3, 0.4) is 0 Å². The number of aliphatic carboxylic acids is 2. The second-order valence-electron chi connectivity index (χ2n) is 4.23. The van der Waals surface area contributed by atoms with Crippen molar-refractivity contribution in [3.63, 3.8) is 0 Å². The molecule has 2 amide bonds. The van der Waals surface area contributed by atoms with Crippen molar-refractivity contribution in [3.05, 3.63) is 0 Å². The van der Waals surface area contributed by atoms with Crippen LogP contribution < -0.4 is 10.6 Å². The molecule has 0 fully saturated rings. The highest BCUT2D eigenvalue weighted by Gasteiger charge is 2.22. The monoisotopic (exact) mass is 306 g/mol. The molecular formula is C11H18N2O6S. The van der Waals surface area contributed by atoms with Crippen LogP contribution in [-0.4, -0.2) is 51.8 Å². The maximum absolute atomic E-state index is 11.6. The van der Waals surface area contributed by atoms with E-state index in [9.17, 15) is 19.2 Å². The van der Waals surface area contributed by atoms with Crippen LogP contribution in [0.2, 0.25) is 0 Å². The van der Waals surface area contributed by atoms with Crippen molar-refractivity contribution in [1.82, 2.24) is 10.6 Å². The summed E-state index contributed by atoms with van der Waals surface area (Å²) in [7, 11) is 0. The number of carboxylic acid groups (broad SMARTS) is 2. The molecule has 0 aliphatic heterocycles. The number of hydrogen-bond donors (Lipinski definition) is 5. The minimum absolute atomic E-state index is 0.0871. The molecule has 0 aromatic rings. The molecule has 0 spiro atoms. The van der Waals surface area contributed by atoms with Crippen LogP contribution in [0.1, 0.15) is 26.2 Å². The molecule has 0 aromatic carbocycles. The molecule has 0 rings (SSSR count). The molecule has 2 atom stereocenters. The van der Waals surface area contributed by atoms with E-state index in [4.69, 9.17) is 10.2 Å². The van der Waals surface area contributed by atoms with Crippen LogP contribution in [-0.2, 0) is 14.4 Å². The molecule has 2 unspecified atom stereocenters. The quantitative estimate of drug-likeness (QED) is 0.377. The summed E-state index contributed by atoms with van der Waals surface area (Å²) >= 11 is 3.98. The van der Waals surface area contributed by atoms with E-state index in [0.717, 1.165) is 0 Å². The van der Waals surface area contributed by atoms with E-state index in [1.165, 1.54) is 6.92 Å². The molecule has 0 saturated carbocycles. The largest absolute Gasteiger partial charge is 0.481 e. The average Bonchev–Trinajstić information content (AvgIpc) is 2.32. The fourth-order valence-electron chi connectivity index (χ4n) is 1.42. The Balaban J connectivity index is 4.40. The number of urea groups is 1. The van der Waals surface area contributed by atoms with Crippen molar-refractivity contribution in [2.75, 3.05) is 5.75 Å². The molecule has 0 saturated heterocycles. The van der Waals surface area contributed by atoms with E-state index in [0.29, 0.717) is 0 Å². The lowest BCUT2D eigenvalue weighted by Crippen LogP contribution is -2.50. The van der Waals surface area contributed by atoms with Gasteiger partial charge in [0, 0.05) is 24.6 Å². The predicted octanol–water partition coefficient (Wildman–Crippen LogP) is -0.119. The summed E-state index contributed by atoms with van der Waals surface area (Å²) in [5.74, 6) is -2.39. The zero-order valence-electron chi connectivity index (χ0n) is 11.0. The second kappa shape index (κ2) is 9.18. The van der Waals surface area contributed by atoms with Gasteiger partial charge in [0.2, 0.25) is 0 Å². The van der Waals surface area contributed by atoms with E-state index in [-0.39, 0.29) is 30.8 Å². The zero-order valence-corrected chi connectivity index (χ0v) is 11.9. The third-order valence-corrected chi connectivity index (χ3v) is 2.78. The van der Waals surface area contributed by atoms with Crippen LogP contribution >= 0.6 is 12.6 Å². The Morgan fingerprint density at radius 1 is 1.15 bits per heavy atom. The van der Waals surface area contributed by atoms with Crippen LogP contribution in [0, 0.1) is 0 Å². The molecular weight excluding hydrogens is 288 g/mol. The summed E-state index contributed by atoms with van der Waals surface area (Å²) in [6, 6.07) is -2.59. The molecule has 20 heavy (non-hydrogen) atoms. The Morgan fingerprint density at radius 2 is 1.75 bits per heavy atom. The van der Waals surface area contributed by atoms with Crippen molar-refractivity contribution in [1.29, 1.82) is 0 Å². The first kappa shape index (κ1) is 18.2. The summed E-state index contributed by atoms with van der Waals surface area (Å²) in [5.41, 5.74) is 0. The van der Waals surface area contributed by atoms with E-state index in [2.05, 4.69) is 23.3 Å². The second-order valence-corrected chi connectivity index (χ2v) is 4.59. The van der Waals surface area contributed by atoms with Crippen molar-refractivity contribution in [3.8, 4) is 0 Å². The van der Waals surface area contributed by atoms with Gasteiger partial charge in [0.25, 0.3) is 0 Å². The number of hydrogen-bond acceptors (Lipinski definition) is 5. The van der Waals surface area contributed by atoms with Gasteiger partial charge in [-0.25, -0.2) is 9.59 Å². The van der Waals surface area contributed by atoms with E-state index >= 15 is 0 Å². The number of carbonyl (C=O) groups excluding carboxylic acids is 2. The third-order valence-electron chi connectivity index (χ3n) is 2.34. The van der Waals surface area contributed by atoms with Gasteiger partial charge in [-0.1, -0.05) is 0 Å². The fraction of sp³-hybridized carbons (Fsp3) is 0.636. The van der Waals surface area contributed by atoms with Crippen LogP contribution in [0.25, 0.3) is 0 Å². The molecule has 0 aliphatic rings. The number of ketones is 1. The van der Waals surface area contributed by atoms with Crippen molar-refractivity contribution in [2.45, 2.75) is 38.3 Å². The lowest BCUT2D eigenvalue weighted by atomic mass is 10.1. The van der Waals surface area contributed by atoms with Gasteiger partial charge in [-0.15, -0.1) is 0 Å². The van der Waals surface area contributed by atoms with Gasteiger partial charge in [-0.3, -0.25) is 9.59 Å². The molecule has 0 radical (unpaired) electrons. The van der Waals surface area contributed by atoms with Gasteiger partial charge in [-0.2, -0.15) is 12.6 Å². The summed E-state index contributed by atoms with van der Waals surface area (Å²) in [6.45, 7) is 1.36. The van der Waals surface area contributed by atoms with Gasteiger partial charge < -0.3 is 20.8 Å². The summed E-state index contributed by atoms with van der Waals surface area (Å²) < 4.78 is 0. The molecule has 0 bridgehead atoms. The highest BCUT2D eigenvalue weighted by molar-refractivity contribution is 7.80. The first-order valence-electron chi connectivity index (χ1n) is 5.88. The Morgan fingerprint density at radius 3 is 2.15 bits per heavy atom. The van der Waals surface area contributed by atoms with Gasteiger partial charge in [0.15, 0.2) is 0 Å². The molecule has 8 nitrogen and oxygen atoms in total. The SMILES string of the molecule is CC(=O)CC(CS)NC(=O)NC(CCC(=O)O)C(=O)O. The number of carboxylic acids is 2. The first-order valence-corrected chi connectivity index (χ1v) is 6.51. The van der Waals surface area contributed by atoms with E-state index in [1.807, 2.05) is 0 Å². The molecule has 0 aliphatic carbocycles. The Hall–Kier alpha value is -1.77. The Kier molecular flexibility index (Phi) is 8.37. The van der Waals surface area contributed by atoms with Crippen LogP contribution in [0.5, 0.6) is 0 Å². The third kappa shape index (κ3) is 8.35. The molecule has 0 aromatic heterocycles. The van der Waals surface area contributed by atoms with Crippen LogP contribution in [0.15, 0.2) is 0 Å². The van der Waals surface area contributed by atoms with Crippen molar-refractivity contribution >= 4 is 36.4 Å². The predicted molar refractivity (Wildman–Crippen MR) is 72.9 cm³/mol. The summed E-state index contributed by atoms with van der Waals surface area (Å²) in [5, 5.41) is 21.9. The maximum Gasteiger partial charge on any atom is 0.326 e. The summed E-state index contributed by atoms with van der Waals surface area (Å²) in [4.78, 5) is 43.8. The molecule has 9 heteroatoms. The smallest absolute Gasteiger partial charge is 0.326 e. The standard InChI is InChI=1S/C11H18N2O6S/c1-6(14)4-7(5-20)12-11(19)13-8(10(17)18)2-3-9(15)16/h7-8,20H,2-5H2,1H3,(H,15,16)(H,17,18)(H2,12,13,19). The van der Waals surface area contributed by atoms with Crippen LogP contribution in [0.4, 0.5) is 4.79 Å². The number of nitrogens with one attached hydrogen (secondary N) is 2. The highest BCUT2D eigenvalue weighted by atomic mass is 32.1. The van der Waals surface area contributed by atoms with Crippen molar-refractivity contribution < 1.29 is 29.4 Å². The van der Waals surface area contributed by atoms with Gasteiger partial charge in [-0.05, 0) is 13.3 Å². The topological polar surface area (TPSA) is 133 Å². The first-order chi connectivity index (χ1) is 9.26.